The molecule has 1 aliphatic carbocycles. The lowest BCUT2D eigenvalue weighted by atomic mass is 9.85. The van der Waals surface area contributed by atoms with Gasteiger partial charge in [0, 0.05) is 18.0 Å². The predicted octanol–water partition coefficient (Wildman–Crippen LogP) is 2.81. The summed E-state index contributed by atoms with van der Waals surface area (Å²) in [4.78, 5) is 5.35. The second-order valence-electron chi connectivity index (χ2n) is 5.11. The molecule has 2 aromatic rings. The van der Waals surface area contributed by atoms with Crippen LogP contribution in [-0.4, -0.2) is 19.0 Å². The summed E-state index contributed by atoms with van der Waals surface area (Å²) >= 11 is 1.81. The van der Waals surface area contributed by atoms with E-state index in [0.29, 0.717) is 12.0 Å². The average Bonchev–Trinajstić information content (AvgIpc) is 3.00. The first-order valence-corrected chi connectivity index (χ1v) is 7.79. The highest BCUT2D eigenvalue weighted by molar-refractivity contribution is 7.13. The number of nitrogens with two attached hydrogens (primary N) is 1. The Bertz CT molecular complexity index is 617. The summed E-state index contributed by atoms with van der Waals surface area (Å²) < 4.78 is 0. The number of aliphatic imine (C=N–C) groups is 1. The Balaban J connectivity index is 1.87. The van der Waals surface area contributed by atoms with Gasteiger partial charge in [0.15, 0.2) is 5.96 Å². The predicted molar refractivity (Wildman–Crippen MR) is 86.3 cm³/mol. The maximum atomic E-state index is 5.77. The van der Waals surface area contributed by atoms with Crippen LogP contribution in [0.1, 0.15) is 17.5 Å². The van der Waals surface area contributed by atoms with Gasteiger partial charge in [-0.25, -0.2) is 0 Å². The minimum atomic E-state index is 0.393. The van der Waals surface area contributed by atoms with Crippen LogP contribution in [-0.2, 0) is 12.8 Å². The van der Waals surface area contributed by atoms with Crippen LogP contribution < -0.4 is 11.1 Å². The Morgan fingerprint density at radius 3 is 3.00 bits per heavy atom. The van der Waals surface area contributed by atoms with Gasteiger partial charge in [0.1, 0.15) is 0 Å². The van der Waals surface area contributed by atoms with Crippen LogP contribution in [0.3, 0.4) is 0 Å². The van der Waals surface area contributed by atoms with E-state index in [9.17, 15) is 0 Å². The fourth-order valence-electron chi connectivity index (χ4n) is 2.87. The number of benzene rings is 1. The van der Waals surface area contributed by atoms with Gasteiger partial charge in [-0.3, -0.25) is 4.99 Å². The highest BCUT2D eigenvalue weighted by atomic mass is 32.1. The largest absolute Gasteiger partial charge is 0.370 e. The zero-order valence-electron chi connectivity index (χ0n) is 11.6. The van der Waals surface area contributed by atoms with Crippen molar-refractivity contribution in [3.8, 4) is 10.4 Å². The Morgan fingerprint density at radius 2 is 2.25 bits per heavy atom. The quantitative estimate of drug-likeness (QED) is 0.658. The van der Waals surface area contributed by atoms with Crippen LogP contribution in [0.25, 0.3) is 10.4 Å². The zero-order chi connectivity index (χ0) is 13.9. The van der Waals surface area contributed by atoms with Gasteiger partial charge in [-0.1, -0.05) is 24.3 Å². The SMILES string of the molecule is CN=C(N)NC1CCc2c(cccc2-c2cccs2)C1. The van der Waals surface area contributed by atoms with Gasteiger partial charge >= 0.3 is 0 Å². The first kappa shape index (κ1) is 13.2. The zero-order valence-corrected chi connectivity index (χ0v) is 12.4. The highest BCUT2D eigenvalue weighted by Gasteiger charge is 2.21. The Kier molecular flexibility index (Phi) is 3.74. The molecule has 0 saturated carbocycles. The number of hydrogen-bond acceptors (Lipinski definition) is 2. The number of guanidine groups is 1. The third-order valence-corrected chi connectivity index (χ3v) is 4.76. The second-order valence-corrected chi connectivity index (χ2v) is 6.06. The fraction of sp³-hybridized carbons (Fsp3) is 0.312. The summed E-state index contributed by atoms with van der Waals surface area (Å²) in [5.41, 5.74) is 10.1. The molecular weight excluding hydrogens is 266 g/mol. The van der Waals surface area contributed by atoms with Crippen molar-refractivity contribution < 1.29 is 0 Å². The van der Waals surface area contributed by atoms with E-state index < -0.39 is 0 Å². The van der Waals surface area contributed by atoms with Crippen molar-refractivity contribution in [2.24, 2.45) is 10.7 Å². The van der Waals surface area contributed by atoms with Gasteiger partial charge in [-0.2, -0.15) is 0 Å². The van der Waals surface area contributed by atoms with Crippen LogP contribution >= 0.6 is 11.3 Å². The monoisotopic (exact) mass is 285 g/mol. The first-order valence-electron chi connectivity index (χ1n) is 6.91. The van der Waals surface area contributed by atoms with E-state index in [1.165, 1.54) is 21.6 Å². The van der Waals surface area contributed by atoms with Crippen LogP contribution in [0.5, 0.6) is 0 Å². The third kappa shape index (κ3) is 2.56. The summed E-state index contributed by atoms with van der Waals surface area (Å²) in [6.45, 7) is 0. The molecule has 0 radical (unpaired) electrons. The van der Waals surface area contributed by atoms with E-state index in [2.05, 4.69) is 46.0 Å². The highest BCUT2D eigenvalue weighted by Crippen LogP contribution is 2.33. The second kappa shape index (κ2) is 5.67. The van der Waals surface area contributed by atoms with Gasteiger partial charge in [-0.05, 0) is 47.4 Å². The molecule has 0 fully saturated rings. The van der Waals surface area contributed by atoms with E-state index in [1.807, 2.05) is 11.3 Å². The number of nitrogens with one attached hydrogen (secondary N) is 1. The number of fused-ring (bicyclic) bond motifs is 1. The molecular formula is C16H19N3S. The molecule has 0 bridgehead atoms. The molecule has 1 heterocycles. The molecule has 0 spiro atoms. The van der Waals surface area contributed by atoms with Gasteiger partial charge in [0.05, 0.1) is 0 Å². The molecule has 1 aliphatic rings. The summed E-state index contributed by atoms with van der Waals surface area (Å²) in [7, 11) is 1.72. The molecule has 104 valence electrons. The van der Waals surface area contributed by atoms with Crippen LogP contribution in [0, 0.1) is 0 Å². The number of hydrogen-bond donors (Lipinski definition) is 2. The van der Waals surface area contributed by atoms with E-state index >= 15 is 0 Å². The molecule has 3 N–H and O–H groups in total. The van der Waals surface area contributed by atoms with E-state index in [4.69, 9.17) is 5.73 Å². The average molecular weight is 285 g/mol. The summed E-state index contributed by atoms with van der Waals surface area (Å²) in [6.07, 6.45) is 3.22. The Labute approximate surface area is 123 Å². The van der Waals surface area contributed by atoms with Crippen molar-refractivity contribution in [3.63, 3.8) is 0 Å². The molecule has 4 heteroatoms. The lowest BCUT2D eigenvalue weighted by Gasteiger charge is -2.27. The number of rotatable bonds is 2. The molecule has 1 aromatic heterocycles. The third-order valence-electron chi connectivity index (χ3n) is 3.86. The van der Waals surface area contributed by atoms with E-state index in [-0.39, 0.29) is 0 Å². The van der Waals surface area contributed by atoms with Crippen molar-refractivity contribution in [1.29, 1.82) is 0 Å². The van der Waals surface area contributed by atoms with Crippen LogP contribution in [0.15, 0.2) is 40.7 Å². The van der Waals surface area contributed by atoms with E-state index in [0.717, 1.165) is 19.3 Å². The Hall–Kier alpha value is -1.81. The molecule has 0 saturated heterocycles. The van der Waals surface area contributed by atoms with Crippen molar-refractivity contribution in [2.75, 3.05) is 7.05 Å². The lowest BCUT2D eigenvalue weighted by molar-refractivity contribution is 0.527. The molecule has 3 rings (SSSR count). The number of thiophene rings is 1. The summed E-state index contributed by atoms with van der Waals surface area (Å²) in [6, 6.07) is 11.3. The van der Waals surface area contributed by atoms with Crippen molar-refractivity contribution in [1.82, 2.24) is 5.32 Å². The van der Waals surface area contributed by atoms with Gasteiger partial charge < -0.3 is 11.1 Å². The molecule has 0 amide bonds. The molecule has 0 aliphatic heterocycles. The smallest absolute Gasteiger partial charge is 0.188 e. The van der Waals surface area contributed by atoms with Gasteiger partial charge in [0.25, 0.3) is 0 Å². The van der Waals surface area contributed by atoms with Crippen LogP contribution in [0.2, 0.25) is 0 Å². The van der Waals surface area contributed by atoms with Gasteiger partial charge in [0.2, 0.25) is 0 Å². The maximum absolute atomic E-state index is 5.77. The maximum Gasteiger partial charge on any atom is 0.188 e. The standard InChI is InChI=1S/C16H19N3S/c1-18-16(17)19-12-7-8-13-11(10-12)4-2-5-14(13)15-6-3-9-20-15/h2-6,9,12H,7-8,10H2,1H3,(H3,17,18,19). The molecule has 1 unspecified atom stereocenters. The minimum absolute atomic E-state index is 0.393. The summed E-state index contributed by atoms with van der Waals surface area (Å²) in [5.74, 6) is 0.535. The first-order chi connectivity index (χ1) is 9.78. The van der Waals surface area contributed by atoms with Crippen LogP contribution in [0.4, 0.5) is 0 Å². The fourth-order valence-corrected chi connectivity index (χ4v) is 3.65. The van der Waals surface area contributed by atoms with Crippen molar-refractivity contribution in [2.45, 2.75) is 25.3 Å². The lowest BCUT2D eigenvalue weighted by Crippen LogP contribution is -2.42. The van der Waals surface area contributed by atoms with E-state index in [1.54, 1.807) is 7.05 Å². The summed E-state index contributed by atoms with van der Waals surface area (Å²) in [5, 5.41) is 5.43. The molecule has 3 nitrogen and oxygen atoms in total. The molecule has 1 aromatic carbocycles. The minimum Gasteiger partial charge on any atom is -0.370 e. The van der Waals surface area contributed by atoms with Gasteiger partial charge in [-0.15, -0.1) is 11.3 Å². The Morgan fingerprint density at radius 1 is 1.35 bits per heavy atom. The number of nitrogens with zero attached hydrogens (tertiary/aromatic N) is 1. The molecule has 20 heavy (non-hydrogen) atoms. The van der Waals surface area contributed by atoms with Crippen molar-refractivity contribution >= 4 is 17.3 Å². The molecule has 1 atom stereocenters. The topological polar surface area (TPSA) is 50.4 Å². The van der Waals surface area contributed by atoms with Crippen molar-refractivity contribution in [3.05, 3.63) is 46.8 Å². The normalized spacial score (nSPS) is 18.6.